The summed E-state index contributed by atoms with van der Waals surface area (Å²) in [5.41, 5.74) is 1.31. The van der Waals surface area contributed by atoms with Crippen LogP contribution in [0, 0.1) is 0 Å². The second kappa shape index (κ2) is 5.95. The summed E-state index contributed by atoms with van der Waals surface area (Å²) in [6.07, 6.45) is -0.426. The van der Waals surface area contributed by atoms with E-state index in [0.29, 0.717) is 0 Å². The van der Waals surface area contributed by atoms with Crippen LogP contribution in [-0.2, 0) is 10.2 Å². The molecule has 0 saturated carbocycles. The van der Waals surface area contributed by atoms with Gasteiger partial charge < -0.3 is 4.74 Å². The highest BCUT2D eigenvalue weighted by molar-refractivity contribution is 9.09. The smallest absolute Gasteiger partial charge is 0.412 e. The molecule has 0 bridgehead atoms. The van der Waals surface area contributed by atoms with Crippen molar-refractivity contribution in [2.75, 3.05) is 10.6 Å². The molecule has 0 aliphatic rings. The van der Waals surface area contributed by atoms with Gasteiger partial charge in [0.05, 0.1) is 0 Å². The predicted molar refractivity (Wildman–Crippen MR) is 83.1 cm³/mol. The van der Waals surface area contributed by atoms with Gasteiger partial charge in [0.15, 0.2) is 0 Å². The molecule has 0 fully saturated rings. The molecule has 0 spiro atoms. The third-order valence-corrected chi connectivity index (χ3v) is 4.03. The molecular formula is C15H22BrNO2. The van der Waals surface area contributed by atoms with E-state index < -0.39 is 11.7 Å². The van der Waals surface area contributed by atoms with E-state index in [1.165, 1.54) is 0 Å². The van der Waals surface area contributed by atoms with Gasteiger partial charge in [-0.1, -0.05) is 48.0 Å². The summed E-state index contributed by atoms with van der Waals surface area (Å²) in [6.45, 7) is 9.79. The Labute approximate surface area is 123 Å². The lowest BCUT2D eigenvalue weighted by Crippen LogP contribution is -2.29. The van der Waals surface area contributed by atoms with Gasteiger partial charge in [-0.3, -0.25) is 5.32 Å². The topological polar surface area (TPSA) is 38.3 Å². The molecule has 1 aromatic rings. The molecule has 1 aromatic carbocycles. The van der Waals surface area contributed by atoms with Crippen molar-refractivity contribution in [1.29, 1.82) is 0 Å². The first-order chi connectivity index (χ1) is 8.65. The zero-order valence-corrected chi connectivity index (χ0v) is 13.8. The van der Waals surface area contributed by atoms with Gasteiger partial charge in [0.2, 0.25) is 0 Å². The normalized spacial score (nSPS) is 12.1. The van der Waals surface area contributed by atoms with Crippen molar-refractivity contribution in [2.45, 2.75) is 45.6 Å². The van der Waals surface area contributed by atoms with E-state index in [1.807, 2.05) is 45.0 Å². The van der Waals surface area contributed by atoms with E-state index in [0.717, 1.165) is 16.6 Å². The molecule has 4 heteroatoms. The molecule has 1 rings (SSSR count). The maximum Gasteiger partial charge on any atom is 0.412 e. The lowest BCUT2D eigenvalue weighted by atomic mass is 9.86. The van der Waals surface area contributed by atoms with Crippen LogP contribution in [0.15, 0.2) is 24.3 Å². The second-order valence-corrected chi connectivity index (χ2v) is 6.75. The maximum absolute atomic E-state index is 11.9. The number of nitrogens with one attached hydrogen (secondary N) is 1. The quantitative estimate of drug-likeness (QED) is 0.816. The molecule has 0 aliphatic carbocycles. The van der Waals surface area contributed by atoms with E-state index in [-0.39, 0.29) is 5.41 Å². The highest BCUT2D eigenvalue weighted by Gasteiger charge is 2.24. The molecule has 0 saturated heterocycles. The van der Waals surface area contributed by atoms with Crippen molar-refractivity contribution < 1.29 is 9.53 Å². The lowest BCUT2D eigenvalue weighted by Gasteiger charge is -2.26. The minimum absolute atomic E-state index is 0.0639. The van der Waals surface area contributed by atoms with Crippen molar-refractivity contribution in [2.24, 2.45) is 0 Å². The first-order valence-corrected chi connectivity index (χ1v) is 7.43. The second-order valence-electron chi connectivity index (χ2n) is 6.19. The summed E-state index contributed by atoms with van der Waals surface area (Å²) >= 11 is 3.51. The molecule has 0 aromatic heterocycles. The number of benzene rings is 1. The third-order valence-electron chi connectivity index (χ3n) is 2.63. The number of amides is 1. The van der Waals surface area contributed by atoms with E-state index in [1.54, 1.807) is 0 Å². The molecule has 0 atom stereocenters. The number of hydrogen-bond donors (Lipinski definition) is 1. The van der Waals surface area contributed by atoms with E-state index in [9.17, 15) is 4.79 Å². The fraction of sp³-hybridized carbons (Fsp3) is 0.533. The van der Waals surface area contributed by atoms with Crippen LogP contribution in [-0.4, -0.2) is 17.0 Å². The minimum Gasteiger partial charge on any atom is -0.444 e. The van der Waals surface area contributed by atoms with Crippen LogP contribution in [0.4, 0.5) is 10.5 Å². The number of para-hydroxylation sites is 1. The zero-order chi connectivity index (χ0) is 14.7. The lowest BCUT2D eigenvalue weighted by molar-refractivity contribution is 0.0635. The molecule has 1 amide bonds. The van der Waals surface area contributed by atoms with Crippen LogP contribution in [0.1, 0.15) is 40.2 Å². The van der Waals surface area contributed by atoms with Crippen LogP contribution < -0.4 is 5.32 Å². The summed E-state index contributed by atoms with van der Waals surface area (Å²) in [4.78, 5) is 11.9. The Morgan fingerprint density at radius 1 is 1.21 bits per heavy atom. The van der Waals surface area contributed by atoms with Crippen LogP contribution >= 0.6 is 15.9 Å². The fourth-order valence-corrected chi connectivity index (χ4v) is 1.97. The number of anilines is 1. The Morgan fingerprint density at radius 2 is 1.79 bits per heavy atom. The van der Waals surface area contributed by atoms with Gasteiger partial charge >= 0.3 is 6.09 Å². The summed E-state index contributed by atoms with van der Waals surface area (Å²) in [7, 11) is 0. The molecule has 106 valence electrons. The average Bonchev–Trinajstić information content (AvgIpc) is 2.27. The fourth-order valence-electron chi connectivity index (χ4n) is 1.67. The van der Waals surface area contributed by atoms with Gasteiger partial charge in [-0.25, -0.2) is 4.79 Å². The van der Waals surface area contributed by atoms with E-state index >= 15 is 0 Å². The Morgan fingerprint density at radius 3 is 2.32 bits per heavy atom. The Hall–Kier alpha value is -1.03. The highest BCUT2D eigenvalue weighted by atomic mass is 79.9. The van der Waals surface area contributed by atoms with Crippen molar-refractivity contribution in [3.63, 3.8) is 0 Å². The van der Waals surface area contributed by atoms with E-state index in [4.69, 9.17) is 4.74 Å². The Bertz CT molecular complexity index is 450. The summed E-state index contributed by atoms with van der Waals surface area (Å²) < 4.78 is 5.28. The zero-order valence-electron chi connectivity index (χ0n) is 12.2. The molecule has 1 N–H and O–H groups in total. The number of hydrogen-bond acceptors (Lipinski definition) is 2. The number of carbonyl (C=O) groups is 1. The number of ether oxygens (including phenoxy) is 1. The van der Waals surface area contributed by atoms with Gasteiger partial charge in [-0.05, 0) is 32.4 Å². The van der Waals surface area contributed by atoms with Crippen LogP contribution in [0.5, 0.6) is 0 Å². The van der Waals surface area contributed by atoms with Gasteiger partial charge in [0.1, 0.15) is 5.60 Å². The van der Waals surface area contributed by atoms with Crippen molar-refractivity contribution in [3.05, 3.63) is 29.8 Å². The number of alkyl halides is 1. The van der Waals surface area contributed by atoms with Gasteiger partial charge in [-0.2, -0.15) is 0 Å². The highest BCUT2D eigenvalue weighted by Crippen LogP contribution is 2.31. The van der Waals surface area contributed by atoms with Gasteiger partial charge in [0, 0.05) is 16.4 Å². The molecular weight excluding hydrogens is 306 g/mol. The molecule has 0 unspecified atom stereocenters. The van der Waals surface area contributed by atoms with E-state index in [2.05, 4.69) is 35.1 Å². The monoisotopic (exact) mass is 327 g/mol. The SMILES string of the molecule is CC(C)(C)OC(=O)Nc1ccccc1C(C)(C)CBr. The molecule has 0 aliphatic heterocycles. The third kappa shape index (κ3) is 4.86. The van der Waals surface area contributed by atoms with Crippen LogP contribution in [0.2, 0.25) is 0 Å². The maximum atomic E-state index is 11.9. The van der Waals surface area contributed by atoms with Crippen molar-refractivity contribution in [3.8, 4) is 0 Å². The van der Waals surface area contributed by atoms with Crippen molar-refractivity contribution in [1.82, 2.24) is 0 Å². The molecule has 3 nitrogen and oxygen atoms in total. The first-order valence-electron chi connectivity index (χ1n) is 6.31. The largest absolute Gasteiger partial charge is 0.444 e. The summed E-state index contributed by atoms with van der Waals surface area (Å²) in [6, 6.07) is 7.79. The number of halogens is 1. The van der Waals surface area contributed by atoms with Crippen LogP contribution in [0.25, 0.3) is 0 Å². The van der Waals surface area contributed by atoms with Crippen LogP contribution in [0.3, 0.4) is 0 Å². The average molecular weight is 328 g/mol. The predicted octanol–water partition coefficient (Wildman–Crippen LogP) is 4.71. The molecule has 0 radical (unpaired) electrons. The summed E-state index contributed by atoms with van der Waals surface area (Å²) in [5.74, 6) is 0. The molecule has 0 heterocycles. The molecule has 19 heavy (non-hydrogen) atoms. The number of rotatable bonds is 3. The minimum atomic E-state index is -0.496. The first kappa shape index (κ1) is 16.0. The Kier molecular flexibility index (Phi) is 5.02. The summed E-state index contributed by atoms with van der Waals surface area (Å²) in [5, 5.41) is 3.64. The van der Waals surface area contributed by atoms with Gasteiger partial charge in [0.25, 0.3) is 0 Å². The van der Waals surface area contributed by atoms with Crippen molar-refractivity contribution >= 4 is 27.7 Å². The number of carbonyl (C=O) groups excluding carboxylic acids is 1. The van der Waals surface area contributed by atoms with Gasteiger partial charge in [-0.15, -0.1) is 0 Å². The Balaban J connectivity index is 2.94. The standard InChI is InChI=1S/C15H22BrNO2/c1-14(2,3)19-13(18)17-12-9-7-6-8-11(12)15(4,5)10-16/h6-9H,10H2,1-5H3,(H,17,18).